The van der Waals surface area contributed by atoms with Gasteiger partial charge in [0.25, 0.3) is 5.91 Å². The lowest BCUT2D eigenvalue weighted by atomic mass is 10.0. The zero-order valence-corrected chi connectivity index (χ0v) is 18.3. The van der Waals surface area contributed by atoms with Gasteiger partial charge in [-0.05, 0) is 56.5 Å². The Morgan fingerprint density at radius 2 is 1.87 bits per heavy atom. The van der Waals surface area contributed by atoms with Gasteiger partial charge in [0, 0.05) is 42.8 Å². The first kappa shape index (κ1) is 20.9. The molecular weight excluding hydrogens is 402 g/mol. The molecule has 1 aromatic carbocycles. The van der Waals surface area contributed by atoms with Crippen LogP contribution in [-0.4, -0.2) is 65.3 Å². The summed E-state index contributed by atoms with van der Waals surface area (Å²) in [5, 5.41) is 0.533. The van der Waals surface area contributed by atoms with Crippen molar-refractivity contribution in [3.63, 3.8) is 0 Å². The molecule has 30 heavy (non-hydrogen) atoms. The van der Waals surface area contributed by atoms with E-state index in [0.29, 0.717) is 23.7 Å². The number of halogens is 1. The first-order valence-electron chi connectivity index (χ1n) is 10.5. The molecule has 7 heteroatoms. The van der Waals surface area contributed by atoms with Crippen molar-refractivity contribution >= 4 is 23.4 Å². The van der Waals surface area contributed by atoms with Gasteiger partial charge in [-0.15, -0.1) is 0 Å². The Balaban J connectivity index is 1.31. The molecule has 1 aromatic heterocycles. The summed E-state index contributed by atoms with van der Waals surface area (Å²) in [6, 6.07) is 9.57. The topological polar surface area (TPSA) is 57.0 Å². The third-order valence-electron chi connectivity index (χ3n) is 6.15. The van der Waals surface area contributed by atoms with Gasteiger partial charge in [-0.1, -0.05) is 17.7 Å². The quantitative estimate of drug-likeness (QED) is 0.746. The van der Waals surface area contributed by atoms with Crippen molar-refractivity contribution in [2.45, 2.75) is 39.3 Å². The summed E-state index contributed by atoms with van der Waals surface area (Å²) in [7, 11) is 0. The minimum absolute atomic E-state index is 0.0365. The predicted molar refractivity (Wildman–Crippen MR) is 116 cm³/mol. The molecular formula is C23H28ClN3O3. The number of piperazine rings is 1. The monoisotopic (exact) mass is 429 g/mol. The van der Waals surface area contributed by atoms with Gasteiger partial charge in [0.15, 0.2) is 0 Å². The Labute approximate surface area is 182 Å². The van der Waals surface area contributed by atoms with E-state index in [1.165, 1.54) is 0 Å². The van der Waals surface area contributed by atoms with Gasteiger partial charge in [0.05, 0.1) is 6.54 Å². The lowest BCUT2D eigenvalue weighted by molar-refractivity contribution is -0.138. The predicted octanol–water partition coefficient (Wildman–Crippen LogP) is 3.50. The molecule has 2 aliphatic rings. The number of piperidine rings is 1. The van der Waals surface area contributed by atoms with Gasteiger partial charge >= 0.3 is 0 Å². The highest BCUT2D eigenvalue weighted by molar-refractivity contribution is 6.31. The number of hydrogen-bond donors (Lipinski definition) is 0. The first-order chi connectivity index (χ1) is 14.4. The summed E-state index contributed by atoms with van der Waals surface area (Å²) in [6.07, 6.45) is 1.90. The van der Waals surface area contributed by atoms with Crippen LogP contribution < -0.4 is 0 Å². The number of nitrogens with zero attached hydrogens (tertiary/aromatic N) is 3. The maximum atomic E-state index is 12.9. The van der Waals surface area contributed by atoms with Crippen molar-refractivity contribution in [3.05, 3.63) is 58.0 Å². The summed E-state index contributed by atoms with van der Waals surface area (Å²) in [5.74, 6) is 1.84. The lowest BCUT2D eigenvalue weighted by Crippen LogP contribution is -2.57. The molecule has 0 bridgehead atoms. The van der Waals surface area contributed by atoms with Crippen LogP contribution in [0.15, 0.2) is 34.7 Å². The average molecular weight is 430 g/mol. The molecule has 2 fully saturated rings. The Bertz CT molecular complexity index is 934. The zero-order chi connectivity index (χ0) is 21.3. The van der Waals surface area contributed by atoms with Crippen LogP contribution in [0.4, 0.5) is 0 Å². The summed E-state index contributed by atoms with van der Waals surface area (Å²) >= 11 is 6.06. The number of hydrogen-bond acceptors (Lipinski definition) is 4. The maximum Gasteiger partial charge on any atom is 0.254 e. The number of carbonyl (C=O) groups is 2. The van der Waals surface area contributed by atoms with Gasteiger partial charge in [-0.2, -0.15) is 0 Å². The van der Waals surface area contributed by atoms with E-state index in [4.69, 9.17) is 16.0 Å². The highest BCUT2D eigenvalue weighted by Gasteiger charge is 2.34. The number of furan rings is 1. The minimum Gasteiger partial charge on any atom is -0.465 e. The van der Waals surface area contributed by atoms with Crippen LogP contribution in [0.25, 0.3) is 0 Å². The molecule has 2 amide bonds. The molecule has 2 aromatic rings. The van der Waals surface area contributed by atoms with Gasteiger partial charge in [0.2, 0.25) is 5.91 Å². The molecule has 2 aliphatic heterocycles. The van der Waals surface area contributed by atoms with E-state index in [2.05, 4.69) is 4.90 Å². The fourth-order valence-corrected chi connectivity index (χ4v) is 4.59. The second-order valence-corrected chi connectivity index (χ2v) is 8.73. The molecule has 4 rings (SSSR count). The Kier molecular flexibility index (Phi) is 6.16. The third kappa shape index (κ3) is 4.55. The van der Waals surface area contributed by atoms with E-state index in [0.717, 1.165) is 49.6 Å². The number of aryl methyl sites for hydroxylation is 2. The number of amides is 2. The van der Waals surface area contributed by atoms with E-state index in [-0.39, 0.29) is 24.4 Å². The van der Waals surface area contributed by atoms with E-state index in [9.17, 15) is 9.59 Å². The van der Waals surface area contributed by atoms with Gasteiger partial charge in [0.1, 0.15) is 18.1 Å². The van der Waals surface area contributed by atoms with Crippen LogP contribution in [0.2, 0.25) is 5.02 Å². The Morgan fingerprint density at radius 3 is 2.53 bits per heavy atom. The highest BCUT2D eigenvalue weighted by Crippen LogP contribution is 2.23. The average Bonchev–Trinajstić information content (AvgIpc) is 3.14. The van der Waals surface area contributed by atoms with E-state index in [1.807, 2.05) is 36.9 Å². The number of rotatable bonds is 4. The van der Waals surface area contributed by atoms with Crippen molar-refractivity contribution in [2.75, 3.05) is 32.7 Å². The third-order valence-corrected chi connectivity index (χ3v) is 6.38. The van der Waals surface area contributed by atoms with Gasteiger partial charge in [-0.25, -0.2) is 0 Å². The number of likely N-dealkylation sites (tertiary alicyclic amines) is 1. The molecule has 0 spiro atoms. The van der Waals surface area contributed by atoms with Gasteiger partial charge < -0.3 is 14.2 Å². The Hall–Kier alpha value is -2.31. The normalized spacial score (nSPS) is 18.8. The lowest BCUT2D eigenvalue weighted by Gasteiger charge is -2.42. The Morgan fingerprint density at radius 1 is 1.10 bits per heavy atom. The molecule has 2 saturated heterocycles. The fourth-order valence-electron chi connectivity index (χ4n) is 4.42. The van der Waals surface area contributed by atoms with Crippen LogP contribution in [0.1, 0.15) is 40.3 Å². The molecule has 0 saturated carbocycles. The molecule has 0 aliphatic carbocycles. The smallest absolute Gasteiger partial charge is 0.254 e. The SMILES string of the molecule is Cc1ccc(CN2CCC(N3CCN(C(=O)c4cc(Cl)ccc4C)CC3=O)CC2)o1. The fraction of sp³-hybridized carbons (Fsp3) is 0.478. The standard InChI is InChI=1S/C23H28ClN3O3/c1-16-3-5-18(24)13-21(16)23(29)26-11-12-27(22(28)15-26)19-7-9-25(10-8-19)14-20-6-4-17(2)30-20/h3-6,13,19H,7-12,14-15H2,1-2H3. The molecule has 0 unspecified atom stereocenters. The van der Waals surface area contributed by atoms with Gasteiger partial charge in [-0.3, -0.25) is 14.5 Å². The second-order valence-electron chi connectivity index (χ2n) is 8.29. The zero-order valence-electron chi connectivity index (χ0n) is 17.6. The summed E-state index contributed by atoms with van der Waals surface area (Å²) in [6.45, 7) is 7.83. The number of benzene rings is 1. The molecule has 160 valence electrons. The van der Waals surface area contributed by atoms with Crippen molar-refractivity contribution in [2.24, 2.45) is 0 Å². The molecule has 0 radical (unpaired) electrons. The van der Waals surface area contributed by atoms with Crippen molar-refractivity contribution < 1.29 is 14.0 Å². The molecule has 0 N–H and O–H groups in total. The largest absolute Gasteiger partial charge is 0.465 e. The van der Waals surface area contributed by atoms with Crippen molar-refractivity contribution in [3.8, 4) is 0 Å². The first-order valence-corrected chi connectivity index (χ1v) is 10.9. The number of carbonyl (C=O) groups excluding carboxylic acids is 2. The molecule has 0 atom stereocenters. The minimum atomic E-state index is -0.119. The van der Waals surface area contributed by atoms with E-state index in [1.54, 1.807) is 17.0 Å². The highest BCUT2D eigenvalue weighted by atomic mass is 35.5. The van der Waals surface area contributed by atoms with Crippen molar-refractivity contribution in [1.29, 1.82) is 0 Å². The summed E-state index contributed by atoms with van der Waals surface area (Å²) in [4.78, 5) is 31.7. The summed E-state index contributed by atoms with van der Waals surface area (Å²) < 4.78 is 5.68. The maximum absolute atomic E-state index is 12.9. The molecule has 3 heterocycles. The van der Waals surface area contributed by atoms with Crippen LogP contribution in [0.5, 0.6) is 0 Å². The summed E-state index contributed by atoms with van der Waals surface area (Å²) in [5.41, 5.74) is 1.45. The van der Waals surface area contributed by atoms with Crippen LogP contribution in [-0.2, 0) is 11.3 Å². The second kappa shape index (κ2) is 8.82. The van der Waals surface area contributed by atoms with Crippen LogP contribution in [0.3, 0.4) is 0 Å². The van der Waals surface area contributed by atoms with E-state index < -0.39 is 0 Å². The van der Waals surface area contributed by atoms with E-state index >= 15 is 0 Å². The van der Waals surface area contributed by atoms with Crippen molar-refractivity contribution in [1.82, 2.24) is 14.7 Å². The van der Waals surface area contributed by atoms with Crippen LogP contribution in [0, 0.1) is 13.8 Å². The van der Waals surface area contributed by atoms with Crippen LogP contribution >= 0.6 is 11.6 Å². The molecule has 6 nitrogen and oxygen atoms in total.